The number of likely N-dealkylation sites (tertiary alicyclic amines) is 1. The summed E-state index contributed by atoms with van der Waals surface area (Å²) in [5, 5.41) is 10.1. The Morgan fingerprint density at radius 1 is 1.33 bits per heavy atom. The van der Waals surface area contributed by atoms with E-state index in [1.54, 1.807) is 24.0 Å². The fourth-order valence-corrected chi connectivity index (χ4v) is 2.64. The summed E-state index contributed by atoms with van der Waals surface area (Å²) in [6, 6.07) is 3.16. The van der Waals surface area contributed by atoms with E-state index in [0.29, 0.717) is 42.3 Å². The Labute approximate surface area is 124 Å². The maximum absolute atomic E-state index is 12.6. The Bertz CT molecular complexity index is 543. The molecule has 1 aliphatic rings. The zero-order chi connectivity index (χ0) is 15.6. The van der Waals surface area contributed by atoms with E-state index in [1.807, 2.05) is 0 Å². The molecule has 1 atom stereocenters. The minimum Gasteiger partial charge on any atom is -0.493 e. The maximum atomic E-state index is 12.6. The van der Waals surface area contributed by atoms with Gasteiger partial charge in [-0.05, 0) is 25.8 Å². The van der Waals surface area contributed by atoms with E-state index in [0.717, 1.165) is 6.42 Å². The van der Waals surface area contributed by atoms with Gasteiger partial charge >= 0.3 is 0 Å². The molecule has 3 N–H and O–H groups in total. The van der Waals surface area contributed by atoms with Crippen molar-refractivity contribution in [1.82, 2.24) is 4.90 Å². The Balaban J connectivity index is 2.30. The number of methoxy groups -OCH3 is 2. The SMILES string of the molecule is COc1cc(N)c(C(=O)N2CCCC(C)(O)C2)cc1OC. The van der Waals surface area contributed by atoms with Crippen LogP contribution in [0.3, 0.4) is 0 Å². The van der Waals surface area contributed by atoms with Gasteiger partial charge in [0.15, 0.2) is 11.5 Å². The van der Waals surface area contributed by atoms with Crippen LogP contribution in [0.4, 0.5) is 5.69 Å². The highest BCUT2D eigenvalue weighted by Gasteiger charge is 2.32. The van der Waals surface area contributed by atoms with Gasteiger partial charge in [0.2, 0.25) is 0 Å². The van der Waals surface area contributed by atoms with Gasteiger partial charge in [-0.25, -0.2) is 0 Å². The number of nitrogen functional groups attached to an aromatic ring is 1. The zero-order valence-corrected chi connectivity index (χ0v) is 12.7. The summed E-state index contributed by atoms with van der Waals surface area (Å²) in [5.74, 6) is 0.740. The molecule has 1 aliphatic heterocycles. The Hall–Kier alpha value is -1.95. The summed E-state index contributed by atoms with van der Waals surface area (Å²) in [7, 11) is 3.02. The molecule has 0 aliphatic carbocycles. The summed E-state index contributed by atoms with van der Waals surface area (Å²) in [6.45, 7) is 2.66. The second-order valence-corrected chi connectivity index (χ2v) is 5.62. The number of ether oxygens (including phenoxy) is 2. The van der Waals surface area contributed by atoms with Gasteiger partial charge in [0.25, 0.3) is 5.91 Å². The first-order chi connectivity index (χ1) is 9.88. The normalized spacial score (nSPS) is 22.0. The minimum atomic E-state index is -0.848. The number of nitrogens with two attached hydrogens (primary N) is 1. The standard InChI is InChI=1S/C15H22N2O4/c1-15(19)5-4-6-17(9-15)14(18)10-7-12(20-2)13(21-3)8-11(10)16/h7-8,19H,4-6,9,16H2,1-3H3. The first-order valence-corrected chi connectivity index (χ1v) is 6.91. The first-order valence-electron chi connectivity index (χ1n) is 6.91. The largest absolute Gasteiger partial charge is 0.493 e. The average molecular weight is 294 g/mol. The third-order valence-corrected chi connectivity index (χ3v) is 3.75. The van der Waals surface area contributed by atoms with Crippen LogP contribution in [-0.4, -0.2) is 48.8 Å². The van der Waals surface area contributed by atoms with Crippen LogP contribution in [0.15, 0.2) is 12.1 Å². The fourth-order valence-electron chi connectivity index (χ4n) is 2.64. The number of β-amino-alcohol motifs (C(OH)–C–C–N with tert-alkyl or cyclic N) is 1. The maximum Gasteiger partial charge on any atom is 0.256 e. The average Bonchev–Trinajstić information content (AvgIpc) is 2.45. The van der Waals surface area contributed by atoms with Crippen molar-refractivity contribution in [2.75, 3.05) is 33.0 Å². The van der Waals surface area contributed by atoms with Crippen molar-refractivity contribution >= 4 is 11.6 Å². The second-order valence-electron chi connectivity index (χ2n) is 5.62. The molecule has 21 heavy (non-hydrogen) atoms. The van der Waals surface area contributed by atoms with Gasteiger partial charge in [-0.1, -0.05) is 0 Å². The summed E-state index contributed by atoms with van der Waals surface area (Å²) in [6.07, 6.45) is 1.46. The van der Waals surface area contributed by atoms with Gasteiger partial charge in [-0.15, -0.1) is 0 Å². The third kappa shape index (κ3) is 3.21. The van der Waals surface area contributed by atoms with Crippen molar-refractivity contribution in [2.24, 2.45) is 0 Å². The molecule has 1 unspecified atom stereocenters. The third-order valence-electron chi connectivity index (χ3n) is 3.75. The van der Waals surface area contributed by atoms with Crippen LogP contribution in [0.1, 0.15) is 30.1 Å². The van der Waals surface area contributed by atoms with Crippen LogP contribution in [0, 0.1) is 0 Å². The first kappa shape index (κ1) is 15.4. The van der Waals surface area contributed by atoms with Gasteiger partial charge in [0.1, 0.15) is 0 Å². The molecule has 0 saturated carbocycles. The molecule has 0 aromatic heterocycles. The molecule has 1 aromatic rings. The van der Waals surface area contributed by atoms with Crippen LogP contribution in [-0.2, 0) is 0 Å². The molecule has 1 heterocycles. The number of amides is 1. The Kier molecular flexibility index (Phi) is 4.27. The lowest BCUT2D eigenvalue weighted by Crippen LogP contribution is -2.48. The molecule has 2 rings (SSSR count). The van der Waals surface area contributed by atoms with Crippen molar-refractivity contribution < 1.29 is 19.4 Å². The summed E-state index contributed by atoms with van der Waals surface area (Å²) in [4.78, 5) is 14.2. The number of hydrogen-bond donors (Lipinski definition) is 2. The lowest BCUT2D eigenvalue weighted by atomic mass is 9.94. The summed E-state index contributed by atoms with van der Waals surface area (Å²) < 4.78 is 10.4. The summed E-state index contributed by atoms with van der Waals surface area (Å²) >= 11 is 0. The van der Waals surface area contributed by atoms with E-state index >= 15 is 0 Å². The van der Waals surface area contributed by atoms with E-state index in [9.17, 15) is 9.90 Å². The molecular weight excluding hydrogens is 272 g/mol. The molecule has 116 valence electrons. The number of nitrogens with zero attached hydrogens (tertiary/aromatic N) is 1. The number of benzene rings is 1. The van der Waals surface area contributed by atoms with Crippen molar-refractivity contribution in [1.29, 1.82) is 0 Å². The molecule has 0 bridgehead atoms. The topological polar surface area (TPSA) is 85.0 Å². The number of aliphatic hydroxyl groups is 1. The van der Waals surface area contributed by atoms with E-state index in [-0.39, 0.29) is 5.91 Å². The van der Waals surface area contributed by atoms with Crippen LogP contribution < -0.4 is 15.2 Å². The highest BCUT2D eigenvalue weighted by atomic mass is 16.5. The van der Waals surface area contributed by atoms with Crippen LogP contribution in [0.25, 0.3) is 0 Å². The molecule has 1 aromatic carbocycles. The number of piperidine rings is 1. The van der Waals surface area contributed by atoms with E-state index < -0.39 is 5.60 Å². The van der Waals surface area contributed by atoms with Gasteiger partial charge in [0.05, 0.1) is 25.4 Å². The number of hydrogen-bond acceptors (Lipinski definition) is 5. The lowest BCUT2D eigenvalue weighted by Gasteiger charge is -2.37. The fraction of sp³-hybridized carbons (Fsp3) is 0.533. The number of carbonyl (C=O) groups is 1. The number of rotatable bonds is 3. The lowest BCUT2D eigenvalue weighted by molar-refractivity contribution is -0.0107. The van der Waals surface area contributed by atoms with Gasteiger partial charge in [-0.2, -0.15) is 0 Å². The van der Waals surface area contributed by atoms with Gasteiger partial charge < -0.3 is 25.2 Å². The van der Waals surface area contributed by atoms with Gasteiger partial charge in [-0.3, -0.25) is 4.79 Å². The Morgan fingerprint density at radius 2 is 1.95 bits per heavy atom. The van der Waals surface area contributed by atoms with Crippen LogP contribution >= 0.6 is 0 Å². The van der Waals surface area contributed by atoms with Crippen molar-refractivity contribution in [2.45, 2.75) is 25.4 Å². The molecule has 6 nitrogen and oxygen atoms in total. The minimum absolute atomic E-state index is 0.201. The molecule has 0 radical (unpaired) electrons. The highest BCUT2D eigenvalue weighted by Crippen LogP contribution is 2.33. The Morgan fingerprint density at radius 3 is 2.52 bits per heavy atom. The quantitative estimate of drug-likeness (QED) is 0.820. The van der Waals surface area contributed by atoms with Gasteiger partial charge in [0, 0.05) is 24.8 Å². The smallest absolute Gasteiger partial charge is 0.256 e. The number of anilines is 1. The zero-order valence-electron chi connectivity index (χ0n) is 12.7. The van der Waals surface area contributed by atoms with Crippen LogP contribution in [0.2, 0.25) is 0 Å². The molecule has 6 heteroatoms. The van der Waals surface area contributed by atoms with Crippen molar-refractivity contribution in [3.05, 3.63) is 17.7 Å². The molecule has 0 spiro atoms. The number of carbonyl (C=O) groups excluding carboxylic acids is 1. The van der Waals surface area contributed by atoms with E-state index in [4.69, 9.17) is 15.2 Å². The second kappa shape index (κ2) is 5.81. The highest BCUT2D eigenvalue weighted by molar-refractivity contribution is 6.00. The monoisotopic (exact) mass is 294 g/mol. The molecule has 1 fully saturated rings. The summed E-state index contributed by atoms with van der Waals surface area (Å²) in [5.41, 5.74) is 5.80. The molecular formula is C15H22N2O4. The van der Waals surface area contributed by atoms with E-state index in [2.05, 4.69) is 0 Å². The van der Waals surface area contributed by atoms with Crippen molar-refractivity contribution in [3.63, 3.8) is 0 Å². The predicted octanol–water partition coefficient (Wildman–Crippen LogP) is 1.27. The predicted molar refractivity (Wildman–Crippen MR) is 79.7 cm³/mol. The van der Waals surface area contributed by atoms with Crippen molar-refractivity contribution in [3.8, 4) is 11.5 Å². The molecule has 1 saturated heterocycles. The molecule has 1 amide bonds. The van der Waals surface area contributed by atoms with E-state index in [1.165, 1.54) is 14.2 Å². The van der Waals surface area contributed by atoms with Crippen LogP contribution in [0.5, 0.6) is 11.5 Å².